The lowest BCUT2D eigenvalue weighted by Crippen LogP contribution is -2.32. The maximum atomic E-state index is 14.6. The van der Waals surface area contributed by atoms with E-state index in [2.05, 4.69) is 33.1 Å². The van der Waals surface area contributed by atoms with E-state index in [1.54, 1.807) is 4.57 Å². The highest BCUT2D eigenvalue weighted by Gasteiger charge is 2.44. The van der Waals surface area contributed by atoms with E-state index >= 15 is 0 Å². The summed E-state index contributed by atoms with van der Waals surface area (Å²) in [4.78, 5) is 17.8. The van der Waals surface area contributed by atoms with Gasteiger partial charge in [-0.15, -0.1) is 0 Å². The second kappa shape index (κ2) is 6.45. The highest BCUT2D eigenvalue weighted by Crippen LogP contribution is 2.47. The fourth-order valence-electron chi connectivity index (χ4n) is 2.83. The molecule has 0 bridgehead atoms. The Balaban J connectivity index is 1.89. The van der Waals surface area contributed by atoms with Crippen LogP contribution in [0, 0.1) is 0 Å². The lowest BCUT2D eigenvalue weighted by atomic mass is 10.0. The van der Waals surface area contributed by atoms with Crippen LogP contribution in [-0.4, -0.2) is 32.4 Å². The molecule has 0 fully saturated rings. The quantitative estimate of drug-likeness (QED) is 0.324. The Hall–Kier alpha value is -2.30. The highest BCUT2D eigenvalue weighted by atomic mass is 31.2. The summed E-state index contributed by atoms with van der Waals surface area (Å²) >= 11 is 0. The summed E-state index contributed by atoms with van der Waals surface area (Å²) in [6.07, 6.45) is 3.26. The van der Waals surface area contributed by atoms with Gasteiger partial charge in [0.2, 0.25) is 0 Å². The summed E-state index contributed by atoms with van der Waals surface area (Å²) in [5.74, 6) is 4.62. The van der Waals surface area contributed by atoms with Gasteiger partial charge in [-0.25, -0.2) is 19.9 Å². The van der Waals surface area contributed by atoms with Crippen LogP contribution in [0.25, 0.3) is 5.70 Å². The van der Waals surface area contributed by atoms with Gasteiger partial charge in [-0.05, 0) is 6.08 Å². The number of nitrogens with two attached hydrogens (primary N) is 2. The number of aliphatic imine (C=N–C) groups is 1. The fraction of sp³-hybridized carbons (Fsp3) is 0.286. The summed E-state index contributed by atoms with van der Waals surface area (Å²) in [6, 6.07) is -0.538. The van der Waals surface area contributed by atoms with Crippen LogP contribution in [0.5, 0.6) is 0 Å². The van der Waals surface area contributed by atoms with Crippen LogP contribution in [0.1, 0.15) is 18.2 Å². The van der Waals surface area contributed by atoms with Crippen molar-refractivity contribution in [2.45, 2.75) is 18.1 Å². The Morgan fingerprint density at radius 1 is 1.65 bits per heavy atom. The molecule has 140 valence electrons. The Morgan fingerprint density at radius 2 is 2.38 bits per heavy atom. The van der Waals surface area contributed by atoms with Gasteiger partial charge in [0, 0.05) is 6.42 Å². The zero-order valence-corrected chi connectivity index (χ0v) is 14.5. The molecule has 2 heterocycles. The van der Waals surface area contributed by atoms with Crippen molar-refractivity contribution < 1.29 is 23.2 Å². The highest BCUT2D eigenvalue weighted by molar-refractivity contribution is 7.52. The third-order valence-electron chi connectivity index (χ3n) is 4.15. The Morgan fingerprint density at radius 3 is 3.04 bits per heavy atom. The predicted octanol–water partition coefficient (Wildman–Crippen LogP) is 1.18. The van der Waals surface area contributed by atoms with Crippen LogP contribution in [0.15, 0.2) is 42.5 Å². The average Bonchev–Trinajstić information content (AvgIpc) is 3.15. The third-order valence-corrected chi connectivity index (χ3v) is 4.94. The number of halogens is 1. The van der Waals surface area contributed by atoms with Gasteiger partial charge in [0.15, 0.2) is 18.1 Å². The van der Waals surface area contributed by atoms with Crippen molar-refractivity contribution in [2.75, 3.05) is 6.35 Å². The molecule has 0 spiro atoms. The van der Waals surface area contributed by atoms with Crippen LogP contribution >= 0.6 is 7.60 Å². The molecule has 2 aliphatic rings. The molecule has 0 saturated carbocycles. The lowest BCUT2D eigenvalue weighted by molar-refractivity contribution is 0.0184. The Labute approximate surface area is 148 Å². The lowest BCUT2D eigenvalue weighted by Gasteiger charge is -2.27. The van der Waals surface area contributed by atoms with E-state index in [0.717, 1.165) is 0 Å². The van der Waals surface area contributed by atoms with Gasteiger partial charge in [-0.3, -0.25) is 4.57 Å². The van der Waals surface area contributed by atoms with Crippen molar-refractivity contribution in [3.8, 4) is 0 Å². The van der Waals surface area contributed by atoms with E-state index in [4.69, 9.17) is 16.4 Å². The molecule has 1 aliphatic heterocycles. The fourth-order valence-corrected chi connectivity index (χ4v) is 3.28. The van der Waals surface area contributed by atoms with Gasteiger partial charge < -0.3 is 25.2 Å². The van der Waals surface area contributed by atoms with E-state index < -0.39 is 31.4 Å². The van der Waals surface area contributed by atoms with E-state index in [1.807, 2.05) is 0 Å². The molecule has 2 unspecified atom stereocenters. The first-order valence-electron chi connectivity index (χ1n) is 7.44. The SMILES string of the molecule is C=C[C@]1(OCP(=O)(O)ON)CC(n2cnc3c2N=C(N)NC3=C)C=C1F. The van der Waals surface area contributed by atoms with Crippen LogP contribution in [0.4, 0.5) is 10.2 Å². The molecule has 0 saturated heterocycles. The van der Waals surface area contributed by atoms with Crippen molar-refractivity contribution in [1.82, 2.24) is 14.9 Å². The molecule has 0 amide bonds. The Kier molecular flexibility index (Phi) is 4.59. The molecule has 1 aromatic rings. The number of hydrogen-bond acceptors (Lipinski definition) is 8. The second-order valence-electron chi connectivity index (χ2n) is 5.82. The smallest absolute Gasteiger partial charge is 0.369 e. The van der Waals surface area contributed by atoms with Gasteiger partial charge in [0.05, 0.1) is 18.1 Å². The molecule has 6 N–H and O–H groups in total. The van der Waals surface area contributed by atoms with E-state index in [0.29, 0.717) is 17.2 Å². The first kappa shape index (κ1) is 18.5. The first-order chi connectivity index (χ1) is 12.2. The third kappa shape index (κ3) is 3.11. The number of ether oxygens (including phenoxy) is 1. The molecule has 0 aromatic carbocycles. The van der Waals surface area contributed by atoms with Gasteiger partial charge >= 0.3 is 7.60 Å². The number of aromatic nitrogens is 2. The number of allylic oxidation sites excluding steroid dienone is 1. The maximum Gasteiger partial charge on any atom is 0.369 e. The van der Waals surface area contributed by atoms with E-state index in [-0.39, 0.29) is 12.4 Å². The van der Waals surface area contributed by atoms with Crippen LogP contribution in [-0.2, 0) is 13.9 Å². The van der Waals surface area contributed by atoms with Gasteiger partial charge in [0.25, 0.3) is 0 Å². The van der Waals surface area contributed by atoms with Crippen LogP contribution in [0.3, 0.4) is 0 Å². The minimum atomic E-state index is -4.19. The maximum absolute atomic E-state index is 14.6. The molecular formula is C14H18FN6O4P. The number of imidazole rings is 1. The van der Waals surface area contributed by atoms with Gasteiger partial charge in [-0.1, -0.05) is 19.2 Å². The molecule has 0 radical (unpaired) electrons. The first-order valence-corrected chi connectivity index (χ1v) is 9.20. The number of guanidine groups is 1. The van der Waals surface area contributed by atoms with Crippen molar-refractivity contribution in [3.63, 3.8) is 0 Å². The standard InChI is InChI=1S/C14H18FN6O4P/c1-3-14(24-7-26(22,23)25-17)5-9(4-10(14)15)21-6-18-11-8(2)19-13(16)20-12(11)21/h3-4,6,9H,1-2,5,7,17H2,(H,22,23)(H3,16,19,20)/t9?,14-/m0/s1. The summed E-state index contributed by atoms with van der Waals surface area (Å²) in [7, 11) is -4.19. The number of hydrogen-bond donors (Lipinski definition) is 4. The number of nitrogens with zero attached hydrogens (tertiary/aromatic N) is 3. The average molecular weight is 384 g/mol. The molecule has 26 heavy (non-hydrogen) atoms. The monoisotopic (exact) mass is 384 g/mol. The summed E-state index contributed by atoms with van der Waals surface area (Å²) in [5.41, 5.74) is 5.07. The largest absolute Gasteiger partial charge is 0.369 e. The molecule has 12 heteroatoms. The molecule has 1 aliphatic carbocycles. The second-order valence-corrected chi connectivity index (χ2v) is 7.56. The van der Waals surface area contributed by atoms with E-state index in [1.165, 1.54) is 18.5 Å². The van der Waals surface area contributed by atoms with Gasteiger partial charge in [-0.2, -0.15) is 4.99 Å². The van der Waals surface area contributed by atoms with E-state index in [9.17, 15) is 13.8 Å². The van der Waals surface area contributed by atoms with Gasteiger partial charge in [0.1, 0.15) is 17.1 Å². The summed E-state index contributed by atoms with van der Waals surface area (Å²) in [6.45, 7) is 7.38. The molecule has 10 nitrogen and oxygen atoms in total. The van der Waals surface area contributed by atoms with Crippen LogP contribution < -0.4 is 16.9 Å². The molecular weight excluding hydrogens is 366 g/mol. The molecule has 1 aromatic heterocycles. The zero-order chi connectivity index (χ0) is 19.1. The van der Waals surface area contributed by atoms with Crippen molar-refractivity contribution in [2.24, 2.45) is 16.6 Å². The van der Waals surface area contributed by atoms with Crippen molar-refractivity contribution >= 4 is 25.1 Å². The van der Waals surface area contributed by atoms with Crippen molar-refractivity contribution in [1.29, 1.82) is 0 Å². The number of nitrogens with one attached hydrogen (secondary N) is 1. The van der Waals surface area contributed by atoms with Crippen LogP contribution in [0.2, 0.25) is 0 Å². The normalized spacial score (nSPS) is 27.2. The minimum absolute atomic E-state index is 0.0605. The predicted molar refractivity (Wildman–Crippen MR) is 92.5 cm³/mol. The zero-order valence-electron chi connectivity index (χ0n) is 13.6. The Bertz CT molecular complexity index is 881. The molecule has 3 atom stereocenters. The molecule has 3 rings (SSSR count). The number of fused-ring (bicyclic) bond motifs is 1. The van der Waals surface area contributed by atoms with Crippen molar-refractivity contribution in [3.05, 3.63) is 43.2 Å². The number of rotatable bonds is 6. The summed E-state index contributed by atoms with van der Waals surface area (Å²) in [5, 5.41) is 2.76. The summed E-state index contributed by atoms with van der Waals surface area (Å²) < 4.78 is 37.1. The topological polar surface area (TPSA) is 150 Å². The minimum Gasteiger partial charge on any atom is -0.369 e.